The number of pyridine rings is 1. The molecule has 0 aliphatic rings. The molecule has 1 aromatic carbocycles. The molecule has 4 rings (SSSR count). The lowest BCUT2D eigenvalue weighted by molar-refractivity contribution is -0.120. The van der Waals surface area contributed by atoms with Crippen LogP contribution >= 0.6 is 23.1 Å². The summed E-state index contributed by atoms with van der Waals surface area (Å²) in [5.74, 6) is 1.54. The number of carbonyl (C=O) groups is 2. The summed E-state index contributed by atoms with van der Waals surface area (Å²) in [4.78, 5) is 39.6. The molecule has 0 radical (unpaired) electrons. The molecule has 168 valence electrons. The van der Waals surface area contributed by atoms with Crippen molar-refractivity contribution < 1.29 is 14.3 Å². The van der Waals surface area contributed by atoms with E-state index in [1.165, 1.54) is 23.1 Å². The summed E-state index contributed by atoms with van der Waals surface area (Å²) in [6.45, 7) is 2.22. The quantitative estimate of drug-likeness (QED) is 0.218. The molecular formula is C24H22N4O3S2. The molecule has 0 fully saturated rings. The Morgan fingerprint density at radius 2 is 2.00 bits per heavy atom. The molecular weight excluding hydrogens is 456 g/mol. The number of aryl methyl sites for hydroxylation is 1. The highest BCUT2D eigenvalue weighted by Gasteiger charge is 2.14. The molecule has 0 atom stereocenters. The van der Waals surface area contributed by atoms with E-state index < -0.39 is 0 Å². The van der Waals surface area contributed by atoms with E-state index in [-0.39, 0.29) is 23.9 Å². The molecule has 0 spiro atoms. The number of hydrogen-bond acceptors (Lipinski definition) is 8. The number of benzene rings is 1. The van der Waals surface area contributed by atoms with E-state index in [0.717, 1.165) is 32.2 Å². The fraction of sp³-hybridized carbons (Fsp3) is 0.208. The van der Waals surface area contributed by atoms with Gasteiger partial charge in [-0.2, -0.15) is 0 Å². The maximum absolute atomic E-state index is 12.8. The number of fused-ring (bicyclic) bond motifs is 1. The molecule has 7 nitrogen and oxygen atoms in total. The van der Waals surface area contributed by atoms with Gasteiger partial charge in [-0.05, 0) is 49.4 Å². The van der Waals surface area contributed by atoms with Gasteiger partial charge in [0.1, 0.15) is 16.6 Å². The van der Waals surface area contributed by atoms with Crippen LogP contribution in [0, 0.1) is 6.92 Å². The van der Waals surface area contributed by atoms with Crippen molar-refractivity contribution in [2.45, 2.75) is 24.9 Å². The fourth-order valence-corrected chi connectivity index (χ4v) is 5.09. The number of ketones is 1. The van der Waals surface area contributed by atoms with Crippen molar-refractivity contribution in [3.63, 3.8) is 0 Å². The first-order valence-corrected chi connectivity index (χ1v) is 12.1. The SMILES string of the molecule is COc1ccc2nc(C)nc(SCC(=O)c3ccc(CNC(=O)Cc4ccccn4)s3)c2c1. The Labute approximate surface area is 199 Å². The van der Waals surface area contributed by atoms with Crippen LogP contribution in [0.25, 0.3) is 10.9 Å². The van der Waals surface area contributed by atoms with Crippen molar-refractivity contribution in [3.05, 3.63) is 76.0 Å². The number of aromatic nitrogens is 3. The van der Waals surface area contributed by atoms with Gasteiger partial charge in [-0.15, -0.1) is 11.3 Å². The van der Waals surface area contributed by atoms with Crippen molar-refractivity contribution in [3.8, 4) is 5.75 Å². The summed E-state index contributed by atoms with van der Waals surface area (Å²) >= 11 is 2.78. The summed E-state index contributed by atoms with van der Waals surface area (Å²) in [5, 5.41) is 4.50. The van der Waals surface area contributed by atoms with Crippen molar-refractivity contribution in [2.24, 2.45) is 0 Å². The number of Topliss-reactive ketones (excluding diaryl/α,β-unsaturated/α-hetero) is 1. The van der Waals surface area contributed by atoms with E-state index in [9.17, 15) is 9.59 Å². The Morgan fingerprint density at radius 1 is 1.12 bits per heavy atom. The standard InChI is InChI=1S/C24H22N4O3S2/c1-15-27-20-8-6-17(31-2)12-19(20)24(28-15)32-14-21(29)22-9-7-18(33-22)13-26-23(30)11-16-5-3-4-10-25-16/h3-10,12H,11,13-14H2,1-2H3,(H,26,30). The molecule has 3 heterocycles. The number of carbonyl (C=O) groups excluding carboxylic acids is 2. The molecule has 0 bridgehead atoms. The van der Waals surface area contributed by atoms with Gasteiger partial charge in [-0.3, -0.25) is 14.6 Å². The molecule has 0 aliphatic carbocycles. The average Bonchev–Trinajstić information content (AvgIpc) is 3.30. The van der Waals surface area contributed by atoms with E-state index >= 15 is 0 Å². The Morgan fingerprint density at radius 3 is 2.79 bits per heavy atom. The third-order valence-corrected chi connectivity index (χ3v) is 6.90. The normalized spacial score (nSPS) is 10.8. The van der Waals surface area contributed by atoms with Gasteiger partial charge in [0.15, 0.2) is 5.78 Å². The minimum Gasteiger partial charge on any atom is -0.497 e. The van der Waals surface area contributed by atoms with E-state index in [1.807, 2.05) is 49.4 Å². The van der Waals surface area contributed by atoms with Gasteiger partial charge < -0.3 is 10.1 Å². The number of hydrogen-bond donors (Lipinski definition) is 1. The van der Waals surface area contributed by atoms with Crippen molar-refractivity contribution in [1.29, 1.82) is 0 Å². The maximum Gasteiger partial charge on any atom is 0.226 e. The van der Waals surface area contributed by atoms with Crippen LogP contribution in [0.1, 0.15) is 26.1 Å². The monoisotopic (exact) mass is 478 g/mol. The molecule has 1 N–H and O–H groups in total. The number of thiophene rings is 1. The average molecular weight is 479 g/mol. The highest BCUT2D eigenvalue weighted by molar-refractivity contribution is 8.00. The third kappa shape index (κ3) is 5.94. The second-order valence-electron chi connectivity index (χ2n) is 7.21. The van der Waals surface area contributed by atoms with Gasteiger partial charge in [0.05, 0.1) is 36.2 Å². The first-order valence-electron chi connectivity index (χ1n) is 10.3. The lowest BCUT2D eigenvalue weighted by atomic mass is 10.2. The van der Waals surface area contributed by atoms with Crippen molar-refractivity contribution in [2.75, 3.05) is 12.9 Å². The second-order valence-corrected chi connectivity index (χ2v) is 9.34. The van der Waals surface area contributed by atoms with E-state index in [2.05, 4.69) is 20.3 Å². The summed E-state index contributed by atoms with van der Waals surface area (Å²) in [6, 6.07) is 14.8. The van der Waals surface area contributed by atoms with Gasteiger partial charge in [-0.25, -0.2) is 9.97 Å². The van der Waals surface area contributed by atoms with E-state index in [4.69, 9.17) is 4.74 Å². The van der Waals surface area contributed by atoms with Crippen LogP contribution in [0.3, 0.4) is 0 Å². The highest BCUT2D eigenvalue weighted by Crippen LogP contribution is 2.29. The van der Waals surface area contributed by atoms with Crippen LogP contribution in [-0.4, -0.2) is 39.5 Å². The molecule has 4 aromatic rings. The zero-order chi connectivity index (χ0) is 23.2. The Hall–Kier alpha value is -3.30. The van der Waals surface area contributed by atoms with Crippen LogP contribution in [0.4, 0.5) is 0 Å². The molecule has 0 saturated heterocycles. The molecule has 0 saturated carbocycles. The summed E-state index contributed by atoms with van der Waals surface area (Å²) in [6.07, 6.45) is 1.89. The molecule has 1 amide bonds. The first-order chi connectivity index (χ1) is 16.0. The number of nitrogens with one attached hydrogen (secondary N) is 1. The fourth-order valence-electron chi connectivity index (χ4n) is 3.17. The Balaban J connectivity index is 1.36. The van der Waals surface area contributed by atoms with Gasteiger partial charge >= 0.3 is 0 Å². The Kier molecular flexibility index (Phi) is 7.31. The Bertz CT molecular complexity index is 1290. The molecule has 0 aliphatic heterocycles. The number of ether oxygens (including phenoxy) is 1. The minimum absolute atomic E-state index is 0.0170. The topological polar surface area (TPSA) is 94.1 Å². The van der Waals surface area contributed by atoms with Gasteiger partial charge in [-0.1, -0.05) is 17.8 Å². The van der Waals surface area contributed by atoms with Gasteiger partial charge in [0.2, 0.25) is 5.91 Å². The zero-order valence-electron chi connectivity index (χ0n) is 18.2. The smallest absolute Gasteiger partial charge is 0.226 e. The summed E-state index contributed by atoms with van der Waals surface area (Å²) < 4.78 is 5.31. The van der Waals surface area contributed by atoms with Gasteiger partial charge in [0, 0.05) is 22.2 Å². The lowest BCUT2D eigenvalue weighted by Gasteiger charge is -2.08. The minimum atomic E-state index is -0.105. The van der Waals surface area contributed by atoms with Crippen molar-refractivity contribution >= 4 is 45.7 Å². The van der Waals surface area contributed by atoms with Crippen LogP contribution in [-0.2, 0) is 17.8 Å². The highest BCUT2D eigenvalue weighted by atomic mass is 32.2. The molecule has 3 aromatic heterocycles. The molecule has 33 heavy (non-hydrogen) atoms. The maximum atomic E-state index is 12.8. The van der Waals surface area contributed by atoms with Crippen LogP contribution in [0.5, 0.6) is 5.75 Å². The molecule has 0 unspecified atom stereocenters. The largest absolute Gasteiger partial charge is 0.497 e. The number of rotatable bonds is 9. The van der Waals surface area contributed by atoms with Crippen LogP contribution in [0.15, 0.2) is 59.8 Å². The lowest BCUT2D eigenvalue weighted by Crippen LogP contribution is -2.24. The van der Waals surface area contributed by atoms with Crippen molar-refractivity contribution in [1.82, 2.24) is 20.3 Å². The number of thioether (sulfide) groups is 1. The van der Waals surface area contributed by atoms with Gasteiger partial charge in [0.25, 0.3) is 0 Å². The third-order valence-electron chi connectivity index (χ3n) is 4.78. The first kappa shape index (κ1) is 22.9. The van der Waals surface area contributed by atoms with Crippen LogP contribution in [0.2, 0.25) is 0 Å². The second kappa shape index (κ2) is 10.5. The predicted octanol–water partition coefficient (Wildman–Crippen LogP) is 4.24. The van der Waals surface area contributed by atoms with E-state index in [0.29, 0.717) is 17.2 Å². The summed E-state index contributed by atoms with van der Waals surface area (Å²) in [7, 11) is 1.61. The van der Waals surface area contributed by atoms with E-state index in [1.54, 1.807) is 19.4 Å². The van der Waals surface area contributed by atoms with Crippen LogP contribution < -0.4 is 10.1 Å². The number of methoxy groups -OCH3 is 1. The number of nitrogens with zero attached hydrogens (tertiary/aromatic N) is 3. The summed E-state index contributed by atoms with van der Waals surface area (Å²) in [5.41, 5.74) is 1.54. The zero-order valence-corrected chi connectivity index (χ0v) is 19.8. The number of amides is 1. The molecule has 9 heteroatoms. The predicted molar refractivity (Wildman–Crippen MR) is 130 cm³/mol.